The van der Waals surface area contributed by atoms with E-state index in [9.17, 15) is 0 Å². The maximum atomic E-state index is 4.10. The van der Waals surface area contributed by atoms with Gasteiger partial charge in [0, 0.05) is 17.0 Å². The van der Waals surface area contributed by atoms with Crippen LogP contribution in [0.25, 0.3) is 33.6 Å². The first kappa shape index (κ1) is 13.4. The molecule has 0 saturated heterocycles. The van der Waals surface area contributed by atoms with Gasteiger partial charge >= 0.3 is 0 Å². The summed E-state index contributed by atoms with van der Waals surface area (Å²) in [6, 6.07) is 12.9. The Bertz CT molecular complexity index is 891. The van der Waals surface area contributed by atoms with Gasteiger partial charge in [0.25, 0.3) is 0 Å². The highest BCUT2D eigenvalue weighted by atomic mass is 15.0. The van der Waals surface area contributed by atoms with Crippen molar-refractivity contribution < 1.29 is 0 Å². The number of benzene rings is 2. The predicted octanol–water partition coefficient (Wildman–Crippen LogP) is 5.79. The summed E-state index contributed by atoms with van der Waals surface area (Å²) in [6.45, 7) is 12.1. The number of nitrogens with zero attached hydrogens (tertiary/aromatic N) is 1. The highest BCUT2D eigenvalue weighted by molar-refractivity contribution is 6.11. The molecule has 0 atom stereocenters. The van der Waals surface area contributed by atoms with Gasteiger partial charge in [0.1, 0.15) is 0 Å². The summed E-state index contributed by atoms with van der Waals surface area (Å²) in [5.74, 6) is 0. The highest BCUT2D eigenvalue weighted by Crippen LogP contribution is 2.34. The number of rotatable bonds is 3. The molecule has 1 heteroatoms. The molecule has 2 aromatic carbocycles. The molecule has 0 saturated carbocycles. The van der Waals surface area contributed by atoms with E-state index in [0.717, 1.165) is 11.1 Å². The first-order valence-corrected chi connectivity index (χ1v) is 7.15. The Labute approximate surface area is 125 Å². The molecule has 104 valence electrons. The van der Waals surface area contributed by atoms with Gasteiger partial charge in [-0.3, -0.25) is 0 Å². The summed E-state index contributed by atoms with van der Waals surface area (Å²) in [4.78, 5) is 0. The Kier molecular flexibility index (Phi) is 3.26. The van der Waals surface area contributed by atoms with E-state index in [2.05, 4.69) is 73.3 Å². The number of allylic oxidation sites excluding steroid dienone is 3. The van der Waals surface area contributed by atoms with Crippen molar-refractivity contribution in [1.82, 2.24) is 4.57 Å². The molecule has 0 fully saturated rings. The van der Waals surface area contributed by atoms with Crippen molar-refractivity contribution >= 4 is 33.6 Å². The molecule has 1 nitrogen and oxygen atoms in total. The highest BCUT2D eigenvalue weighted by Gasteiger charge is 2.13. The molecule has 3 aromatic rings. The lowest BCUT2D eigenvalue weighted by Gasteiger charge is -2.09. The van der Waals surface area contributed by atoms with Crippen LogP contribution in [0.2, 0.25) is 0 Å². The quantitative estimate of drug-likeness (QED) is 0.532. The third kappa shape index (κ3) is 1.93. The van der Waals surface area contributed by atoms with E-state index in [0.29, 0.717) is 0 Å². The van der Waals surface area contributed by atoms with Crippen molar-refractivity contribution in [3.05, 3.63) is 72.8 Å². The third-order valence-electron chi connectivity index (χ3n) is 4.02. The maximum absolute atomic E-state index is 4.10. The van der Waals surface area contributed by atoms with Crippen molar-refractivity contribution in [1.29, 1.82) is 0 Å². The van der Waals surface area contributed by atoms with Crippen molar-refractivity contribution in [2.75, 3.05) is 0 Å². The fourth-order valence-electron chi connectivity index (χ4n) is 3.02. The largest absolute Gasteiger partial charge is 0.316 e. The molecular weight excluding hydrogens is 254 g/mol. The SMILES string of the molecule is C=CC(=C)c1ccc2c3ccccc3n(/C=C/C)c2c1C. The van der Waals surface area contributed by atoms with Gasteiger partial charge in [0.2, 0.25) is 0 Å². The van der Waals surface area contributed by atoms with E-state index in [1.54, 1.807) is 0 Å². The molecule has 0 bridgehead atoms. The van der Waals surface area contributed by atoms with E-state index in [4.69, 9.17) is 0 Å². The second-order valence-electron chi connectivity index (χ2n) is 5.23. The molecule has 1 aromatic heterocycles. The normalized spacial score (nSPS) is 11.5. The molecule has 1 heterocycles. The van der Waals surface area contributed by atoms with Crippen LogP contribution >= 0.6 is 0 Å². The van der Waals surface area contributed by atoms with Gasteiger partial charge in [0.05, 0.1) is 11.0 Å². The molecule has 0 aliphatic rings. The van der Waals surface area contributed by atoms with E-state index >= 15 is 0 Å². The second kappa shape index (κ2) is 5.10. The lowest BCUT2D eigenvalue weighted by atomic mass is 9.99. The lowest BCUT2D eigenvalue weighted by molar-refractivity contribution is 1.26. The molecular formula is C20H19N. The van der Waals surface area contributed by atoms with Crippen LogP contribution in [-0.2, 0) is 0 Å². The minimum atomic E-state index is 0.965. The van der Waals surface area contributed by atoms with Crippen LogP contribution in [0.15, 0.2) is 61.7 Å². The lowest BCUT2D eigenvalue weighted by Crippen LogP contribution is -1.92. The molecule has 3 rings (SSSR count). The van der Waals surface area contributed by atoms with Gasteiger partial charge in [-0.25, -0.2) is 0 Å². The fourth-order valence-corrected chi connectivity index (χ4v) is 3.02. The van der Waals surface area contributed by atoms with Crippen LogP contribution < -0.4 is 0 Å². The number of hydrogen-bond donors (Lipinski definition) is 0. The zero-order chi connectivity index (χ0) is 15.0. The van der Waals surface area contributed by atoms with Crippen molar-refractivity contribution in [2.45, 2.75) is 13.8 Å². The minimum absolute atomic E-state index is 0.965. The molecule has 0 aliphatic carbocycles. The van der Waals surface area contributed by atoms with Crippen molar-refractivity contribution in [3.8, 4) is 0 Å². The molecule has 0 N–H and O–H groups in total. The van der Waals surface area contributed by atoms with E-state index < -0.39 is 0 Å². The average Bonchev–Trinajstić information content (AvgIpc) is 2.83. The number of aromatic nitrogens is 1. The van der Waals surface area contributed by atoms with E-state index in [1.807, 2.05) is 13.0 Å². The zero-order valence-electron chi connectivity index (χ0n) is 12.6. The van der Waals surface area contributed by atoms with Crippen LogP contribution in [0.1, 0.15) is 18.1 Å². The first-order valence-electron chi connectivity index (χ1n) is 7.15. The Balaban J connectivity index is 2.53. The number of para-hydroxylation sites is 1. The summed E-state index contributed by atoms with van der Waals surface area (Å²) in [6.07, 6.45) is 6.01. The van der Waals surface area contributed by atoms with Gasteiger partial charge < -0.3 is 4.57 Å². The Morgan fingerprint density at radius 3 is 2.57 bits per heavy atom. The summed E-state index contributed by atoms with van der Waals surface area (Å²) in [5.41, 5.74) is 5.84. The van der Waals surface area contributed by atoms with Crippen LogP contribution in [0, 0.1) is 6.92 Å². The number of hydrogen-bond acceptors (Lipinski definition) is 0. The van der Waals surface area contributed by atoms with Gasteiger partial charge in [-0.2, -0.15) is 0 Å². The standard InChI is InChI=1S/C20H19N/c1-5-13-21-19-10-8-7-9-17(19)18-12-11-16(14(3)6-2)15(4)20(18)21/h5-13H,2-3H2,1,4H3/b13-5+. The summed E-state index contributed by atoms with van der Waals surface area (Å²) in [5, 5.41) is 2.56. The van der Waals surface area contributed by atoms with Crippen molar-refractivity contribution in [3.63, 3.8) is 0 Å². The van der Waals surface area contributed by atoms with Gasteiger partial charge in [0.15, 0.2) is 0 Å². The van der Waals surface area contributed by atoms with E-state index in [-0.39, 0.29) is 0 Å². The average molecular weight is 273 g/mol. The van der Waals surface area contributed by atoms with Gasteiger partial charge in [-0.05, 0) is 36.6 Å². The monoisotopic (exact) mass is 273 g/mol. The fraction of sp³-hybridized carbons (Fsp3) is 0.100. The molecule has 0 amide bonds. The predicted molar refractivity (Wildman–Crippen MR) is 94.4 cm³/mol. The molecule has 0 aliphatic heterocycles. The molecule has 0 radical (unpaired) electrons. The molecule has 0 unspecified atom stereocenters. The van der Waals surface area contributed by atoms with Crippen LogP contribution in [0.4, 0.5) is 0 Å². The Hall–Kier alpha value is -2.54. The topological polar surface area (TPSA) is 4.93 Å². The summed E-state index contributed by atoms with van der Waals surface area (Å²) < 4.78 is 2.26. The van der Waals surface area contributed by atoms with Gasteiger partial charge in [-0.1, -0.05) is 55.6 Å². The van der Waals surface area contributed by atoms with E-state index in [1.165, 1.54) is 27.4 Å². The van der Waals surface area contributed by atoms with Crippen LogP contribution in [-0.4, -0.2) is 4.57 Å². The number of fused-ring (bicyclic) bond motifs is 3. The first-order chi connectivity index (χ1) is 10.2. The van der Waals surface area contributed by atoms with Gasteiger partial charge in [-0.15, -0.1) is 0 Å². The molecule has 0 spiro atoms. The Morgan fingerprint density at radius 2 is 1.86 bits per heavy atom. The summed E-state index contributed by atoms with van der Waals surface area (Å²) >= 11 is 0. The number of aryl methyl sites for hydroxylation is 1. The minimum Gasteiger partial charge on any atom is -0.316 e. The second-order valence-corrected chi connectivity index (χ2v) is 5.23. The smallest absolute Gasteiger partial charge is 0.0570 e. The Morgan fingerprint density at radius 1 is 1.10 bits per heavy atom. The summed E-state index contributed by atoms with van der Waals surface area (Å²) in [7, 11) is 0. The maximum Gasteiger partial charge on any atom is 0.0570 e. The van der Waals surface area contributed by atoms with Crippen LogP contribution in [0.3, 0.4) is 0 Å². The third-order valence-corrected chi connectivity index (χ3v) is 4.02. The molecule has 21 heavy (non-hydrogen) atoms. The van der Waals surface area contributed by atoms with Crippen molar-refractivity contribution in [2.24, 2.45) is 0 Å². The zero-order valence-corrected chi connectivity index (χ0v) is 12.6. The van der Waals surface area contributed by atoms with Crippen LogP contribution in [0.5, 0.6) is 0 Å².